The summed E-state index contributed by atoms with van der Waals surface area (Å²) in [6, 6.07) is 21.7. The molecule has 24 heavy (non-hydrogen) atoms. The molecule has 0 aromatic heterocycles. The molecular weight excluding hydrogens is 376 g/mol. The maximum absolute atomic E-state index is 6.92. The predicted octanol–water partition coefficient (Wildman–Crippen LogP) is 4.98. The van der Waals surface area contributed by atoms with Gasteiger partial charge in [-0.2, -0.15) is 0 Å². The van der Waals surface area contributed by atoms with E-state index in [1.807, 2.05) is 0 Å². The molecule has 0 bridgehead atoms. The van der Waals surface area contributed by atoms with Crippen LogP contribution in [-0.4, -0.2) is 20.3 Å². The van der Waals surface area contributed by atoms with E-state index in [4.69, 9.17) is 4.43 Å². The molecule has 0 radical (unpaired) electrons. The number of hydrogen-bond acceptors (Lipinski definition) is 1. The molecule has 0 saturated carbocycles. The standard InChI is InChI=1S/C21H29BrOSi/c1-5-18(16-22)17-23-24(21(2,3)4,19-12-8-6-9-13-19)20-14-10-7-11-15-20/h6-15,18H,5,16-17H2,1-4H3. The summed E-state index contributed by atoms with van der Waals surface area (Å²) >= 11 is 3.64. The fourth-order valence-electron chi connectivity index (χ4n) is 3.28. The molecule has 1 atom stereocenters. The van der Waals surface area contributed by atoms with Crippen molar-refractivity contribution in [2.45, 2.75) is 39.2 Å². The highest BCUT2D eigenvalue weighted by Crippen LogP contribution is 2.37. The van der Waals surface area contributed by atoms with Gasteiger partial charge in [0.1, 0.15) is 0 Å². The minimum atomic E-state index is -2.37. The van der Waals surface area contributed by atoms with Crippen molar-refractivity contribution in [2.75, 3.05) is 11.9 Å². The quantitative estimate of drug-likeness (QED) is 0.466. The molecule has 2 aromatic carbocycles. The van der Waals surface area contributed by atoms with Gasteiger partial charge < -0.3 is 4.43 Å². The Morgan fingerprint density at radius 3 is 1.71 bits per heavy atom. The van der Waals surface area contributed by atoms with Crippen LogP contribution < -0.4 is 10.4 Å². The van der Waals surface area contributed by atoms with E-state index in [9.17, 15) is 0 Å². The van der Waals surface area contributed by atoms with Gasteiger partial charge in [0.05, 0.1) is 0 Å². The molecule has 0 amide bonds. The van der Waals surface area contributed by atoms with Crippen molar-refractivity contribution in [1.82, 2.24) is 0 Å². The second-order valence-electron chi connectivity index (χ2n) is 7.40. The lowest BCUT2D eigenvalue weighted by Crippen LogP contribution is -2.66. The largest absolute Gasteiger partial charge is 0.407 e. The van der Waals surface area contributed by atoms with E-state index in [0.29, 0.717) is 5.92 Å². The predicted molar refractivity (Wildman–Crippen MR) is 111 cm³/mol. The zero-order chi connectivity index (χ0) is 17.6. The van der Waals surface area contributed by atoms with Crippen molar-refractivity contribution in [3.05, 3.63) is 60.7 Å². The summed E-state index contributed by atoms with van der Waals surface area (Å²) < 4.78 is 6.92. The van der Waals surface area contributed by atoms with E-state index < -0.39 is 8.32 Å². The molecular formula is C21H29BrOSi. The average Bonchev–Trinajstić information content (AvgIpc) is 2.59. The zero-order valence-corrected chi connectivity index (χ0v) is 17.8. The monoisotopic (exact) mass is 404 g/mol. The van der Waals surface area contributed by atoms with Gasteiger partial charge in [-0.05, 0) is 21.3 Å². The smallest absolute Gasteiger partial charge is 0.261 e. The highest BCUT2D eigenvalue weighted by molar-refractivity contribution is 9.09. The van der Waals surface area contributed by atoms with Gasteiger partial charge in [-0.15, -0.1) is 0 Å². The Morgan fingerprint density at radius 1 is 0.917 bits per heavy atom. The number of halogens is 1. The van der Waals surface area contributed by atoms with Gasteiger partial charge in [0, 0.05) is 11.9 Å². The van der Waals surface area contributed by atoms with Crippen LogP contribution in [0.3, 0.4) is 0 Å². The number of rotatable bonds is 7. The topological polar surface area (TPSA) is 9.23 Å². The van der Waals surface area contributed by atoms with Crippen molar-refractivity contribution in [2.24, 2.45) is 5.92 Å². The first-order chi connectivity index (χ1) is 11.5. The molecule has 0 spiro atoms. The van der Waals surface area contributed by atoms with Crippen LogP contribution in [-0.2, 0) is 4.43 Å². The van der Waals surface area contributed by atoms with Crippen LogP contribution in [0.4, 0.5) is 0 Å². The van der Waals surface area contributed by atoms with Gasteiger partial charge >= 0.3 is 0 Å². The molecule has 1 nitrogen and oxygen atoms in total. The second-order valence-corrected chi connectivity index (χ2v) is 12.4. The third kappa shape index (κ3) is 4.01. The van der Waals surface area contributed by atoms with E-state index in [0.717, 1.165) is 18.4 Å². The maximum Gasteiger partial charge on any atom is 0.261 e. The summed E-state index contributed by atoms with van der Waals surface area (Å²) in [6.45, 7) is 10.0. The molecule has 2 aromatic rings. The van der Waals surface area contributed by atoms with Crippen LogP contribution in [0.2, 0.25) is 5.04 Å². The average molecular weight is 405 g/mol. The zero-order valence-electron chi connectivity index (χ0n) is 15.3. The summed E-state index contributed by atoms with van der Waals surface area (Å²) in [5.74, 6) is 0.548. The Morgan fingerprint density at radius 2 is 1.38 bits per heavy atom. The maximum atomic E-state index is 6.92. The molecule has 0 N–H and O–H groups in total. The van der Waals surface area contributed by atoms with E-state index in [1.165, 1.54) is 10.4 Å². The summed E-state index contributed by atoms with van der Waals surface area (Å²) in [5.41, 5.74) is 0. The summed E-state index contributed by atoms with van der Waals surface area (Å²) in [6.07, 6.45) is 1.13. The minimum Gasteiger partial charge on any atom is -0.407 e. The molecule has 2 rings (SSSR count). The van der Waals surface area contributed by atoms with Crippen LogP contribution >= 0.6 is 15.9 Å². The molecule has 1 unspecified atom stereocenters. The molecule has 3 heteroatoms. The lowest BCUT2D eigenvalue weighted by molar-refractivity contribution is 0.245. The highest BCUT2D eigenvalue weighted by Gasteiger charge is 2.50. The normalized spacial score (nSPS) is 13.7. The summed E-state index contributed by atoms with van der Waals surface area (Å²) in [5, 5.41) is 3.75. The van der Waals surface area contributed by atoms with Gasteiger partial charge in [0.15, 0.2) is 0 Å². The molecule has 0 saturated heterocycles. The summed E-state index contributed by atoms with van der Waals surface area (Å²) in [4.78, 5) is 0. The van der Waals surface area contributed by atoms with E-state index in [-0.39, 0.29) is 5.04 Å². The SMILES string of the molecule is CCC(CBr)CO[Si](c1ccccc1)(c1ccccc1)C(C)(C)C. The first-order valence-corrected chi connectivity index (χ1v) is 11.8. The molecule has 0 heterocycles. The third-order valence-electron chi connectivity index (χ3n) is 4.75. The lowest BCUT2D eigenvalue weighted by atomic mass is 10.1. The number of alkyl halides is 1. The lowest BCUT2D eigenvalue weighted by Gasteiger charge is -2.43. The van der Waals surface area contributed by atoms with E-state index >= 15 is 0 Å². The first kappa shape index (κ1) is 19.4. The van der Waals surface area contributed by atoms with Crippen LogP contribution in [0.25, 0.3) is 0 Å². The molecule has 0 aliphatic carbocycles. The van der Waals surface area contributed by atoms with Crippen molar-refractivity contribution in [3.8, 4) is 0 Å². The Balaban J connectivity index is 2.57. The number of hydrogen-bond donors (Lipinski definition) is 0. The van der Waals surface area contributed by atoms with Crippen LogP contribution in [0.15, 0.2) is 60.7 Å². The van der Waals surface area contributed by atoms with E-state index in [1.54, 1.807) is 0 Å². The molecule has 0 aliphatic heterocycles. The number of benzene rings is 2. The Bertz CT molecular complexity index is 563. The molecule has 0 aliphatic rings. The fourth-order valence-corrected chi connectivity index (χ4v) is 8.56. The second kappa shape index (κ2) is 8.46. The van der Waals surface area contributed by atoms with Crippen molar-refractivity contribution < 1.29 is 4.43 Å². The van der Waals surface area contributed by atoms with Crippen LogP contribution in [0, 0.1) is 5.92 Å². The highest BCUT2D eigenvalue weighted by atomic mass is 79.9. The first-order valence-electron chi connectivity index (χ1n) is 8.76. The van der Waals surface area contributed by atoms with Crippen molar-refractivity contribution >= 4 is 34.6 Å². The Hall–Kier alpha value is -0.903. The van der Waals surface area contributed by atoms with Gasteiger partial charge in [0.25, 0.3) is 8.32 Å². The summed E-state index contributed by atoms with van der Waals surface area (Å²) in [7, 11) is -2.37. The van der Waals surface area contributed by atoms with Gasteiger partial charge in [-0.1, -0.05) is 111 Å². The van der Waals surface area contributed by atoms with Gasteiger partial charge in [-0.25, -0.2) is 0 Å². The Labute approximate surface area is 156 Å². The molecule has 0 fully saturated rings. The minimum absolute atomic E-state index is 0.0559. The Kier molecular flexibility index (Phi) is 6.85. The van der Waals surface area contributed by atoms with Crippen LogP contribution in [0.5, 0.6) is 0 Å². The molecule has 130 valence electrons. The van der Waals surface area contributed by atoms with Gasteiger partial charge in [0.2, 0.25) is 0 Å². The fraction of sp³-hybridized carbons (Fsp3) is 0.429. The van der Waals surface area contributed by atoms with Gasteiger partial charge in [-0.3, -0.25) is 0 Å². The third-order valence-corrected chi connectivity index (χ3v) is 10.7. The van der Waals surface area contributed by atoms with Crippen molar-refractivity contribution in [1.29, 1.82) is 0 Å². The van der Waals surface area contributed by atoms with Crippen molar-refractivity contribution in [3.63, 3.8) is 0 Å². The van der Waals surface area contributed by atoms with E-state index in [2.05, 4.69) is 104 Å². The van der Waals surface area contributed by atoms with Crippen LogP contribution in [0.1, 0.15) is 34.1 Å².